The molecule has 0 spiro atoms. The van der Waals surface area contributed by atoms with Crippen LogP contribution in [0.5, 0.6) is 0 Å². The minimum absolute atomic E-state index is 0.319. The van der Waals surface area contributed by atoms with Gasteiger partial charge in [0.2, 0.25) is 0 Å². The van der Waals surface area contributed by atoms with Gasteiger partial charge in [-0.05, 0) is 25.3 Å². The smallest absolute Gasteiger partial charge is 0.0549 e. The van der Waals surface area contributed by atoms with Crippen LogP contribution < -0.4 is 5.73 Å². The summed E-state index contributed by atoms with van der Waals surface area (Å²) in [5.74, 6) is 0.694. The van der Waals surface area contributed by atoms with E-state index in [-0.39, 0.29) is 0 Å². The van der Waals surface area contributed by atoms with E-state index in [4.69, 9.17) is 5.73 Å². The van der Waals surface area contributed by atoms with Crippen LogP contribution in [0.4, 0.5) is 0 Å². The average Bonchev–Trinajstić information content (AvgIpc) is 2.62. The minimum Gasteiger partial charge on any atom is -0.327 e. The third-order valence-corrected chi connectivity index (χ3v) is 3.55. The number of aromatic nitrogens is 2. The van der Waals surface area contributed by atoms with Crippen molar-refractivity contribution in [2.24, 2.45) is 18.7 Å². The summed E-state index contributed by atoms with van der Waals surface area (Å²) >= 11 is 0. The number of piperidine rings is 1. The van der Waals surface area contributed by atoms with Crippen molar-refractivity contribution < 1.29 is 0 Å². The van der Waals surface area contributed by atoms with Gasteiger partial charge in [0.15, 0.2) is 0 Å². The van der Waals surface area contributed by atoms with Crippen molar-refractivity contribution in [3.05, 3.63) is 18.0 Å². The number of hydrogen-bond donors (Lipinski definition) is 1. The zero-order valence-electron chi connectivity index (χ0n) is 10.4. The third-order valence-electron chi connectivity index (χ3n) is 3.55. The summed E-state index contributed by atoms with van der Waals surface area (Å²) in [4.78, 5) is 2.47. The van der Waals surface area contributed by atoms with Crippen molar-refractivity contribution >= 4 is 0 Å². The number of aryl methyl sites for hydroxylation is 1. The third kappa shape index (κ3) is 2.28. The van der Waals surface area contributed by atoms with E-state index in [2.05, 4.69) is 29.9 Å². The van der Waals surface area contributed by atoms with Crippen LogP contribution in [0.3, 0.4) is 0 Å². The van der Waals surface area contributed by atoms with Crippen molar-refractivity contribution in [2.75, 3.05) is 13.1 Å². The maximum Gasteiger partial charge on any atom is 0.0549 e. The lowest BCUT2D eigenvalue weighted by molar-refractivity contribution is 0.120. The van der Waals surface area contributed by atoms with Crippen LogP contribution in [0.15, 0.2) is 12.3 Å². The molecule has 1 aliphatic heterocycles. The lowest BCUT2D eigenvalue weighted by Gasteiger charge is -2.38. The van der Waals surface area contributed by atoms with E-state index in [1.165, 1.54) is 5.69 Å². The Kier molecular flexibility index (Phi) is 3.30. The standard InChI is InChI=1S/C12H22N4/c1-9-6-11(13)8-16(7-9)10(2)12-4-5-14-15(12)3/h4-5,9-11H,6-8,13H2,1-3H3. The fraction of sp³-hybridized carbons (Fsp3) is 0.750. The van der Waals surface area contributed by atoms with E-state index in [0.29, 0.717) is 18.0 Å². The maximum absolute atomic E-state index is 6.08. The zero-order valence-corrected chi connectivity index (χ0v) is 10.4. The summed E-state index contributed by atoms with van der Waals surface area (Å²) in [6.45, 7) is 6.65. The van der Waals surface area contributed by atoms with Gasteiger partial charge in [-0.25, -0.2) is 0 Å². The van der Waals surface area contributed by atoms with Crippen molar-refractivity contribution in [1.29, 1.82) is 0 Å². The predicted octanol–water partition coefficient (Wildman–Crippen LogP) is 1.15. The Bertz CT molecular complexity index is 337. The topological polar surface area (TPSA) is 47.1 Å². The SMILES string of the molecule is CC1CC(N)CN(C(C)c2ccnn2C)C1. The minimum atomic E-state index is 0.319. The number of hydrogen-bond acceptors (Lipinski definition) is 3. The molecule has 0 amide bonds. The van der Waals surface area contributed by atoms with Crippen LogP contribution in [0, 0.1) is 5.92 Å². The second kappa shape index (κ2) is 4.55. The Morgan fingerprint density at radius 3 is 2.81 bits per heavy atom. The highest BCUT2D eigenvalue weighted by atomic mass is 15.3. The Labute approximate surface area is 97.4 Å². The van der Waals surface area contributed by atoms with Gasteiger partial charge in [-0.2, -0.15) is 5.10 Å². The Balaban J connectivity index is 2.10. The Morgan fingerprint density at radius 2 is 2.25 bits per heavy atom. The summed E-state index contributed by atoms with van der Waals surface area (Å²) < 4.78 is 1.95. The lowest BCUT2D eigenvalue weighted by Crippen LogP contribution is -2.47. The molecule has 0 saturated carbocycles. The summed E-state index contributed by atoms with van der Waals surface area (Å²) in [7, 11) is 2.00. The van der Waals surface area contributed by atoms with E-state index in [0.717, 1.165) is 19.5 Å². The van der Waals surface area contributed by atoms with E-state index in [1.807, 2.05) is 17.9 Å². The number of nitrogens with two attached hydrogens (primary N) is 1. The summed E-state index contributed by atoms with van der Waals surface area (Å²) in [5, 5.41) is 4.23. The largest absolute Gasteiger partial charge is 0.327 e. The molecule has 0 bridgehead atoms. The van der Waals surface area contributed by atoms with Gasteiger partial charge >= 0.3 is 0 Å². The first-order chi connectivity index (χ1) is 7.58. The monoisotopic (exact) mass is 222 g/mol. The molecule has 0 aromatic carbocycles. The van der Waals surface area contributed by atoms with Crippen LogP contribution in [0.2, 0.25) is 0 Å². The molecular weight excluding hydrogens is 200 g/mol. The molecule has 0 aliphatic carbocycles. The van der Waals surface area contributed by atoms with E-state index >= 15 is 0 Å². The first-order valence-corrected chi connectivity index (χ1v) is 6.05. The molecule has 3 unspecified atom stereocenters. The van der Waals surface area contributed by atoms with Crippen molar-refractivity contribution in [1.82, 2.24) is 14.7 Å². The van der Waals surface area contributed by atoms with Gasteiger partial charge in [0, 0.05) is 38.4 Å². The first kappa shape index (κ1) is 11.6. The quantitative estimate of drug-likeness (QED) is 0.816. The van der Waals surface area contributed by atoms with Crippen LogP contribution in [-0.4, -0.2) is 33.8 Å². The molecule has 90 valence electrons. The van der Waals surface area contributed by atoms with Crippen LogP contribution in [-0.2, 0) is 7.05 Å². The summed E-state index contributed by atoms with van der Waals surface area (Å²) in [6, 6.07) is 2.82. The van der Waals surface area contributed by atoms with Gasteiger partial charge < -0.3 is 5.73 Å². The molecular formula is C12H22N4. The molecule has 4 heteroatoms. The van der Waals surface area contributed by atoms with Gasteiger partial charge in [-0.1, -0.05) is 6.92 Å². The van der Waals surface area contributed by atoms with Crippen LogP contribution in [0.25, 0.3) is 0 Å². The Morgan fingerprint density at radius 1 is 1.50 bits per heavy atom. The van der Waals surface area contributed by atoms with Gasteiger partial charge in [0.25, 0.3) is 0 Å². The highest BCUT2D eigenvalue weighted by Crippen LogP contribution is 2.25. The summed E-state index contributed by atoms with van der Waals surface area (Å²) in [5.41, 5.74) is 7.35. The van der Waals surface area contributed by atoms with Crippen LogP contribution in [0.1, 0.15) is 32.0 Å². The van der Waals surface area contributed by atoms with Gasteiger partial charge in [0.1, 0.15) is 0 Å². The van der Waals surface area contributed by atoms with E-state index in [9.17, 15) is 0 Å². The van der Waals surface area contributed by atoms with Gasteiger partial charge in [0.05, 0.1) is 5.69 Å². The van der Waals surface area contributed by atoms with E-state index < -0.39 is 0 Å². The second-order valence-corrected chi connectivity index (χ2v) is 5.11. The maximum atomic E-state index is 6.08. The molecule has 3 atom stereocenters. The van der Waals surface area contributed by atoms with Crippen molar-refractivity contribution in [2.45, 2.75) is 32.4 Å². The summed E-state index contributed by atoms with van der Waals surface area (Å²) in [6.07, 6.45) is 3.01. The molecule has 0 radical (unpaired) electrons. The highest BCUT2D eigenvalue weighted by Gasteiger charge is 2.27. The molecule has 4 nitrogen and oxygen atoms in total. The molecule has 2 heterocycles. The highest BCUT2D eigenvalue weighted by molar-refractivity contribution is 5.06. The molecule has 1 fully saturated rings. The van der Waals surface area contributed by atoms with Crippen molar-refractivity contribution in [3.63, 3.8) is 0 Å². The Hall–Kier alpha value is -0.870. The van der Waals surface area contributed by atoms with Crippen LogP contribution >= 0.6 is 0 Å². The van der Waals surface area contributed by atoms with Gasteiger partial charge in [-0.15, -0.1) is 0 Å². The predicted molar refractivity (Wildman–Crippen MR) is 65.0 cm³/mol. The normalized spacial score (nSPS) is 29.2. The first-order valence-electron chi connectivity index (χ1n) is 6.05. The second-order valence-electron chi connectivity index (χ2n) is 5.11. The zero-order chi connectivity index (χ0) is 11.7. The average molecular weight is 222 g/mol. The number of likely N-dealkylation sites (tertiary alicyclic amines) is 1. The fourth-order valence-electron chi connectivity index (χ4n) is 2.74. The lowest BCUT2D eigenvalue weighted by atomic mass is 9.95. The molecule has 1 saturated heterocycles. The molecule has 16 heavy (non-hydrogen) atoms. The fourth-order valence-corrected chi connectivity index (χ4v) is 2.74. The number of rotatable bonds is 2. The van der Waals surface area contributed by atoms with Gasteiger partial charge in [-0.3, -0.25) is 9.58 Å². The molecule has 1 aromatic heterocycles. The van der Waals surface area contributed by atoms with Crippen molar-refractivity contribution in [3.8, 4) is 0 Å². The molecule has 2 rings (SSSR count). The van der Waals surface area contributed by atoms with E-state index in [1.54, 1.807) is 0 Å². The molecule has 1 aliphatic rings. The number of nitrogens with zero attached hydrogens (tertiary/aromatic N) is 3. The molecule has 2 N–H and O–H groups in total. The molecule has 1 aromatic rings.